The fourth-order valence-electron chi connectivity index (χ4n) is 1.68. The summed E-state index contributed by atoms with van der Waals surface area (Å²) in [7, 11) is 1.72. The highest BCUT2D eigenvalue weighted by Crippen LogP contribution is 2.19. The van der Waals surface area contributed by atoms with Crippen LogP contribution >= 0.6 is 15.9 Å². The Labute approximate surface area is 98.2 Å². The molecule has 15 heavy (non-hydrogen) atoms. The number of methoxy groups -OCH3 is 1. The van der Waals surface area contributed by atoms with Crippen LogP contribution in [0.2, 0.25) is 0 Å². The minimum absolute atomic E-state index is 0.677. The van der Waals surface area contributed by atoms with Gasteiger partial charge in [0.05, 0.1) is 6.61 Å². The number of alkyl halides is 1. The van der Waals surface area contributed by atoms with Crippen molar-refractivity contribution in [2.24, 2.45) is 0 Å². The van der Waals surface area contributed by atoms with Gasteiger partial charge in [-0.15, -0.1) is 0 Å². The van der Waals surface area contributed by atoms with Gasteiger partial charge in [-0.2, -0.15) is 0 Å². The third-order valence-electron chi connectivity index (χ3n) is 2.43. The van der Waals surface area contributed by atoms with Gasteiger partial charge in [0.25, 0.3) is 0 Å². The number of fused-ring (bicyclic) bond motifs is 1. The Kier molecular flexibility index (Phi) is 3.39. The third kappa shape index (κ3) is 2.39. The first-order chi connectivity index (χ1) is 7.33. The summed E-state index contributed by atoms with van der Waals surface area (Å²) >= 11 is 3.46. The Hall–Kier alpha value is -0.860. The maximum absolute atomic E-state index is 5.11. The van der Waals surface area contributed by atoms with Gasteiger partial charge in [0.2, 0.25) is 0 Å². The summed E-state index contributed by atoms with van der Waals surface area (Å²) in [5, 5.41) is 3.46. The Morgan fingerprint density at radius 1 is 1.00 bits per heavy atom. The average molecular weight is 265 g/mol. The van der Waals surface area contributed by atoms with E-state index in [1.165, 1.54) is 21.9 Å². The molecule has 2 aromatic carbocycles. The molecule has 0 spiro atoms. The second-order valence-electron chi connectivity index (χ2n) is 3.58. The van der Waals surface area contributed by atoms with Gasteiger partial charge in [-0.3, -0.25) is 0 Å². The highest BCUT2D eigenvalue weighted by molar-refractivity contribution is 9.08. The highest BCUT2D eigenvalue weighted by Gasteiger charge is 1.97. The zero-order valence-corrected chi connectivity index (χ0v) is 10.3. The molecule has 0 atom stereocenters. The van der Waals surface area contributed by atoms with Gasteiger partial charge < -0.3 is 4.74 Å². The molecule has 0 unspecified atom stereocenters. The average Bonchev–Trinajstić information content (AvgIpc) is 2.29. The SMILES string of the molecule is COCc1ccc2cc(CBr)ccc2c1. The lowest BCUT2D eigenvalue weighted by Crippen LogP contribution is -1.87. The summed E-state index contributed by atoms with van der Waals surface area (Å²) in [4.78, 5) is 0. The van der Waals surface area contributed by atoms with Gasteiger partial charge >= 0.3 is 0 Å². The van der Waals surface area contributed by atoms with Gasteiger partial charge in [0.1, 0.15) is 0 Å². The van der Waals surface area contributed by atoms with Crippen LogP contribution < -0.4 is 0 Å². The molecule has 0 fully saturated rings. The summed E-state index contributed by atoms with van der Waals surface area (Å²) in [6.45, 7) is 0.677. The lowest BCUT2D eigenvalue weighted by molar-refractivity contribution is 0.185. The van der Waals surface area contributed by atoms with Crippen LogP contribution in [0.5, 0.6) is 0 Å². The van der Waals surface area contributed by atoms with Crippen LogP contribution in [-0.4, -0.2) is 7.11 Å². The zero-order valence-electron chi connectivity index (χ0n) is 8.66. The van der Waals surface area contributed by atoms with E-state index in [-0.39, 0.29) is 0 Å². The minimum atomic E-state index is 0.677. The predicted octanol–water partition coefficient (Wildman–Crippen LogP) is 3.88. The summed E-state index contributed by atoms with van der Waals surface area (Å²) < 4.78 is 5.11. The molecule has 2 rings (SSSR count). The van der Waals surface area contributed by atoms with Crippen LogP contribution in [0.1, 0.15) is 11.1 Å². The van der Waals surface area contributed by atoms with Crippen molar-refractivity contribution in [1.29, 1.82) is 0 Å². The van der Waals surface area contributed by atoms with E-state index < -0.39 is 0 Å². The number of benzene rings is 2. The molecule has 0 saturated carbocycles. The summed E-state index contributed by atoms with van der Waals surface area (Å²) in [6.07, 6.45) is 0. The third-order valence-corrected chi connectivity index (χ3v) is 3.08. The molecule has 0 aliphatic carbocycles. The van der Waals surface area contributed by atoms with E-state index in [1.807, 2.05) is 0 Å². The van der Waals surface area contributed by atoms with E-state index in [9.17, 15) is 0 Å². The number of hydrogen-bond acceptors (Lipinski definition) is 1. The van der Waals surface area contributed by atoms with Crippen molar-refractivity contribution < 1.29 is 4.74 Å². The van der Waals surface area contributed by atoms with E-state index in [2.05, 4.69) is 52.3 Å². The second kappa shape index (κ2) is 4.77. The van der Waals surface area contributed by atoms with E-state index in [1.54, 1.807) is 7.11 Å². The van der Waals surface area contributed by atoms with Crippen molar-refractivity contribution in [3.8, 4) is 0 Å². The molecule has 0 bridgehead atoms. The van der Waals surface area contributed by atoms with Crippen molar-refractivity contribution in [3.05, 3.63) is 47.5 Å². The molecule has 0 amide bonds. The molecule has 2 aromatic rings. The Morgan fingerprint density at radius 3 is 2.20 bits per heavy atom. The van der Waals surface area contributed by atoms with E-state index >= 15 is 0 Å². The smallest absolute Gasteiger partial charge is 0.0713 e. The maximum Gasteiger partial charge on any atom is 0.0713 e. The van der Waals surface area contributed by atoms with Gasteiger partial charge in [-0.1, -0.05) is 46.3 Å². The number of halogens is 1. The molecule has 2 heteroatoms. The molecule has 1 nitrogen and oxygen atoms in total. The Bertz CT molecular complexity index is 465. The van der Waals surface area contributed by atoms with Crippen LogP contribution in [0.15, 0.2) is 36.4 Å². The number of rotatable bonds is 3. The van der Waals surface area contributed by atoms with E-state index in [0.717, 1.165) is 5.33 Å². The van der Waals surface area contributed by atoms with Crippen molar-refractivity contribution in [3.63, 3.8) is 0 Å². The lowest BCUT2D eigenvalue weighted by Gasteiger charge is -2.04. The molecular formula is C13H13BrO. The number of ether oxygens (including phenoxy) is 1. The van der Waals surface area contributed by atoms with Crippen LogP contribution in [0.25, 0.3) is 10.8 Å². The first-order valence-electron chi connectivity index (χ1n) is 4.90. The van der Waals surface area contributed by atoms with Gasteiger partial charge in [0.15, 0.2) is 0 Å². The molecule has 0 aromatic heterocycles. The molecule has 0 aliphatic rings. The second-order valence-corrected chi connectivity index (χ2v) is 4.14. The lowest BCUT2D eigenvalue weighted by atomic mass is 10.1. The Balaban J connectivity index is 2.45. The molecule has 0 heterocycles. The normalized spacial score (nSPS) is 10.8. The minimum Gasteiger partial charge on any atom is -0.380 e. The fourth-order valence-corrected chi connectivity index (χ4v) is 2.03. The quantitative estimate of drug-likeness (QED) is 0.765. The van der Waals surface area contributed by atoms with Crippen LogP contribution in [0.3, 0.4) is 0 Å². The molecule has 0 aliphatic heterocycles. The predicted molar refractivity (Wildman–Crippen MR) is 67.3 cm³/mol. The largest absolute Gasteiger partial charge is 0.380 e. The Morgan fingerprint density at radius 2 is 1.60 bits per heavy atom. The fraction of sp³-hybridized carbons (Fsp3) is 0.231. The number of hydrogen-bond donors (Lipinski definition) is 0. The van der Waals surface area contributed by atoms with Crippen molar-refractivity contribution in [2.45, 2.75) is 11.9 Å². The van der Waals surface area contributed by atoms with Crippen LogP contribution in [0, 0.1) is 0 Å². The van der Waals surface area contributed by atoms with Gasteiger partial charge in [-0.25, -0.2) is 0 Å². The molecule has 78 valence electrons. The topological polar surface area (TPSA) is 9.23 Å². The van der Waals surface area contributed by atoms with Crippen molar-refractivity contribution in [1.82, 2.24) is 0 Å². The molecule has 0 radical (unpaired) electrons. The highest BCUT2D eigenvalue weighted by atomic mass is 79.9. The first-order valence-corrected chi connectivity index (χ1v) is 6.02. The summed E-state index contributed by atoms with van der Waals surface area (Å²) in [5.74, 6) is 0. The van der Waals surface area contributed by atoms with Gasteiger partial charge in [0, 0.05) is 12.4 Å². The molecule has 0 N–H and O–H groups in total. The first kappa shape index (κ1) is 10.7. The van der Waals surface area contributed by atoms with Crippen LogP contribution in [0.4, 0.5) is 0 Å². The van der Waals surface area contributed by atoms with Crippen molar-refractivity contribution >= 4 is 26.7 Å². The maximum atomic E-state index is 5.11. The molecular weight excluding hydrogens is 252 g/mol. The van der Waals surface area contributed by atoms with E-state index in [0.29, 0.717) is 6.61 Å². The monoisotopic (exact) mass is 264 g/mol. The van der Waals surface area contributed by atoms with Crippen molar-refractivity contribution in [2.75, 3.05) is 7.11 Å². The standard InChI is InChI=1S/C13H13BrO/c1-15-9-11-3-5-12-6-10(8-14)2-4-13(12)7-11/h2-7H,8-9H2,1H3. The van der Waals surface area contributed by atoms with Crippen LogP contribution in [-0.2, 0) is 16.7 Å². The van der Waals surface area contributed by atoms with Gasteiger partial charge in [-0.05, 0) is 28.0 Å². The zero-order chi connectivity index (χ0) is 10.7. The summed E-state index contributed by atoms with van der Waals surface area (Å²) in [5.41, 5.74) is 2.53. The van der Waals surface area contributed by atoms with E-state index in [4.69, 9.17) is 4.74 Å². The summed E-state index contributed by atoms with van der Waals surface area (Å²) in [6, 6.07) is 13.0. The molecule has 0 saturated heterocycles.